The number of hydrogen-bond donors (Lipinski definition) is 1. The number of amides is 1. The fourth-order valence-corrected chi connectivity index (χ4v) is 4.42. The third kappa shape index (κ3) is 3.49. The Balaban J connectivity index is 1.39. The summed E-state index contributed by atoms with van der Waals surface area (Å²) in [6, 6.07) is 16.1. The Morgan fingerprint density at radius 1 is 0.969 bits per heavy atom. The number of halogens is 1. The van der Waals surface area contributed by atoms with Crippen LogP contribution >= 0.6 is 0 Å². The van der Waals surface area contributed by atoms with Gasteiger partial charge >= 0.3 is 0 Å². The predicted octanol–water partition coefficient (Wildman–Crippen LogP) is 4.23. The Morgan fingerprint density at radius 2 is 1.69 bits per heavy atom. The van der Waals surface area contributed by atoms with Gasteiger partial charge in [0.2, 0.25) is 0 Å². The van der Waals surface area contributed by atoms with Crippen LogP contribution in [-0.4, -0.2) is 25.5 Å². The zero-order chi connectivity index (χ0) is 22.2. The van der Waals surface area contributed by atoms with Gasteiger partial charge < -0.3 is 5.32 Å². The number of para-hydroxylation sites is 1. The van der Waals surface area contributed by atoms with E-state index >= 15 is 0 Å². The van der Waals surface area contributed by atoms with Crippen LogP contribution in [0.3, 0.4) is 0 Å². The molecule has 0 saturated heterocycles. The van der Waals surface area contributed by atoms with E-state index in [0.717, 1.165) is 58.8 Å². The average Bonchev–Trinajstić information content (AvgIpc) is 3.48. The molecule has 4 aromatic rings. The Kier molecular flexibility index (Phi) is 5.09. The van der Waals surface area contributed by atoms with E-state index < -0.39 is 0 Å². The average molecular weight is 429 g/mol. The molecule has 0 radical (unpaired) electrons. The number of fused-ring (bicyclic) bond motifs is 1. The summed E-state index contributed by atoms with van der Waals surface area (Å²) in [5.41, 5.74) is 7.10. The van der Waals surface area contributed by atoms with E-state index in [1.165, 1.54) is 12.1 Å². The summed E-state index contributed by atoms with van der Waals surface area (Å²) in [5.74, 6) is -0.493. The maximum atomic E-state index is 13.3. The zero-order valence-electron chi connectivity index (χ0n) is 18.1. The molecule has 2 heterocycles. The van der Waals surface area contributed by atoms with E-state index in [1.54, 1.807) is 16.8 Å². The highest BCUT2D eigenvalue weighted by Crippen LogP contribution is 2.28. The highest BCUT2D eigenvalue weighted by atomic mass is 19.1. The van der Waals surface area contributed by atoms with Crippen LogP contribution in [0.5, 0.6) is 0 Å². The van der Waals surface area contributed by atoms with Crippen molar-refractivity contribution in [3.05, 3.63) is 94.3 Å². The summed E-state index contributed by atoms with van der Waals surface area (Å²) < 4.78 is 17.0. The van der Waals surface area contributed by atoms with Crippen molar-refractivity contribution in [3.63, 3.8) is 0 Å². The van der Waals surface area contributed by atoms with E-state index in [0.29, 0.717) is 12.2 Å². The smallest absolute Gasteiger partial charge is 0.272 e. The molecule has 0 spiro atoms. The van der Waals surface area contributed by atoms with Gasteiger partial charge in [-0.3, -0.25) is 4.79 Å². The molecule has 2 aromatic heterocycles. The molecule has 7 heteroatoms. The van der Waals surface area contributed by atoms with Gasteiger partial charge in [0, 0.05) is 29.1 Å². The molecule has 1 aliphatic carbocycles. The molecule has 5 rings (SSSR count). The van der Waals surface area contributed by atoms with Gasteiger partial charge in [-0.1, -0.05) is 18.2 Å². The molecule has 2 aromatic carbocycles. The minimum Gasteiger partial charge on any atom is -0.346 e. The molecular weight excluding hydrogens is 405 g/mol. The number of nitrogens with one attached hydrogen (secondary N) is 1. The van der Waals surface area contributed by atoms with Crippen molar-refractivity contribution in [1.82, 2.24) is 24.9 Å². The standard InChI is InChI=1S/C25H24FN5O/c1-16-22(17(2)30(28-16)19-7-4-3-5-8-19)15-27-25(32)24-21-9-6-10-23(21)31(29-24)20-13-11-18(26)12-14-20/h3-5,7-8,11-14H,6,9-10,15H2,1-2H3,(H,27,32). The van der Waals surface area contributed by atoms with E-state index in [1.807, 2.05) is 48.9 Å². The van der Waals surface area contributed by atoms with E-state index in [-0.39, 0.29) is 11.7 Å². The summed E-state index contributed by atoms with van der Waals surface area (Å²) in [7, 11) is 0. The van der Waals surface area contributed by atoms with Gasteiger partial charge in [0.15, 0.2) is 5.69 Å². The van der Waals surface area contributed by atoms with E-state index in [2.05, 4.69) is 15.5 Å². The molecule has 32 heavy (non-hydrogen) atoms. The lowest BCUT2D eigenvalue weighted by Gasteiger charge is -2.07. The van der Waals surface area contributed by atoms with Crippen LogP contribution in [0.1, 0.15) is 45.1 Å². The van der Waals surface area contributed by atoms with Gasteiger partial charge in [-0.05, 0) is 69.5 Å². The first-order valence-corrected chi connectivity index (χ1v) is 10.8. The molecule has 1 N–H and O–H groups in total. The quantitative estimate of drug-likeness (QED) is 0.516. The molecule has 1 aliphatic rings. The number of aryl methyl sites for hydroxylation is 1. The first kappa shape index (κ1) is 20.2. The first-order valence-electron chi connectivity index (χ1n) is 10.8. The molecule has 1 amide bonds. The van der Waals surface area contributed by atoms with E-state index in [4.69, 9.17) is 0 Å². The van der Waals surface area contributed by atoms with Crippen molar-refractivity contribution in [1.29, 1.82) is 0 Å². The number of rotatable bonds is 5. The third-order valence-corrected chi connectivity index (χ3v) is 6.08. The van der Waals surface area contributed by atoms with Crippen LogP contribution in [0, 0.1) is 19.7 Å². The van der Waals surface area contributed by atoms with Gasteiger partial charge in [0.05, 0.1) is 17.1 Å². The second kappa shape index (κ2) is 8.07. The van der Waals surface area contributed by atoms with Crippen LogP contribution in [0.15, 0.2) is 54.6 Å². The monoisotopic (exact) mass is 429 g/mol. The van der Waals surface area contributed by atoms with Gasteiger partial charge in [-0.25, -0.2) is 13.8 Å². The van der Waals surface area contributed by atoms with Crippen LogP contribution in [0.2, 0.25) is 0 Å². The van der Waals surface area contributed by atoms with Gasteiger partial charge in [-0.15, -0.1) is 0 Å². The fraction of sp³-hybridized carbons (Fsp3) is 0.240. The number of carbonyl (C=O) groups is 1. The van der Waals surface area contributed by atoms with Gasteiger partial charge in [0.25, 0.3) is 5.91 Å². The highest BCUT2D eigenvalue weighted by Gasteiger charge is 2.27. The number of hydrogen-bond acceptors (Lipinski definition) is 3. The third-order valence-electron chi connectivity index (χ3n) is 6.08. The van der Waals surface area contributed by atoms with Crippen molar-refractivity contribution in [2.75, 3.05) is 0 Å². The highest BCUT2D eigenvalue weighted by molar-refractivity contribution is 5.94. The second-order valence-corrected chi connectivity index (χ2v) is 8.10. The SMILES string of the molecule is Cc1nn(-c2ccccc2)c(C)c1CNC(=O)c1nn(-c2ccc(F)cc2)c2c1CCC2. The number of carbonyl (C=O) groups excluding carboxylic acids is 1. The lowest BCUT2D eigenvalue weighted by molar-refractivity contribution is 0.0944. The minimum absolute atomic E-state index is 0.199. The largest absolute Gasteiger partial charge is 0.346 e. The first-order chi connectivity index (χ1) is 15.5. The molecule has 0 fully saturated rings. The van der Waals surface area contributed by atoms with Crippen LogP contribution in [0.4, 0.5) is 4.39 Å². The minimum atomic E-state index is -0.294. The van der Waals surface area contributed by atoms with E-state index in [9.17, 15) is 9.18 Å². The molecular formula is C25H24FN5O. The Bertz CT molecular complexity index is 1290. The fourth-order valence-electron chi connectivity index (χ4n) is 4.42. The molecule has 162 valence electrons. The summed E-state index contributed by atoms with van der Waals surface area (Å²) in [4.78, 5) is 13.1. The van der Waals surface area contributed by atoms with Crippen molar-refractivity contribution < 1.29 is 9.18 Å². The Hall–Kier alpha value is -3.74. The predicted molar refractivity (Wildman–Crippen MR) is 120 cm³/mol. The molecule has 0 unspecified atom stereocenters. The van der Waals surface area contributed by atoms with Crippen molar-refractivity contribution in [2.45, 2.75) is 39.7 Å². The Morgan fingerprint density at radius 3 is 2.44 bits per heavy atom. The molecule has 0 aliphatic heterocycles. The summed E-state index contributed by atoms with van der Waals surface area (Å²) in [6.07, 6.45) is 2.66. The van der Waals surface area contributed by atoms with Crippen LogP contribution in [-0.2, 0) is 19.4 Å². The van der Waals surface area contributed by atoms with Crippen molar-refractivity contribution in [2.24, 2.45) is 0 Å². The molecule has 6 nitrogen and oxygen atoms in total. The summed E-state index contributed by atoms with van der Waals surface area (Å²) in [5, 5.41) is 12.3. The zero-order valence-corrected chi connectivity index (χ0v) is 18.1. The second-order valence-electron chi connectivity index (χ2n) is 8.10. The van der Waals surface area contributed by atoms with Crippen molar-refractivity contribution in [3.8, 4) is 11.4 Å². The van der Waals surface area contributed by atoms with Crippen LogP contribution in [0.25, 0.3) is 11.4 Å². The Labute approximate surface area is 185 Å². The van der Waals surface area contributed by atoms with Crippen molar-refractivity contribution >= 4 is 5.91 Å². The summed E-state index contributed by atoms with van der Waals surface area (Å²) in [6.45, 7) is 4.34. The normalized spacial score (nSPS) is 12.7. The maximum Gasteiger partial charge on any atom is 0.272 e. The number of nitrogens with zero attached hydrogens (tertiary/aromatic N) is 4. The topological polar surface area (TPSA) is 64.7 Å². The number of benzene rings is 2. The lowest BCUT2D eigenvalue weighted by Crippen LogP contribution is -2.25. The molecule has 0 bridgehead atoms. The van der Waals surface area contributed by atoms with Crippen LogP contribution < -0.4 is 5.32 Å². The maximum absolute atomic E-state index is 13.3. The summed E-state index contributed by atoms with van der Waals surface area (Å²) >= 11 is 0. The lowest BCUT2D eigenvalue weighted by atomic mass is 10.1. The van der Waals surface area contributed by atoms with Gasteiger partial charge in [0.1, 0.15) is 5.82 Å². The van der Waals surface area contributed by atoms with Gasteiger partial charge in [-0.2, -0.15) is 10.2 Å². The molecule has 0 atom stereocenters. The number of aromatic nitrogens is 4. The molecule has 0 saturated carbocycles.